The van der Waals surface area contributed by atoms with E-state index in [9.17, 15) is 5.11 Å². The zero-order valence-electron chi connectivity index (χ0n) is 8.20. The molecule has 74 valence electrons. The minimum Gasteiger partial charge on any atom is -0.508 e. The van der Waals surface area contributed by atoms with Crippen LogP contribution in [0, 0.1) is 6.92 Å². The number of rotatable bonds is 2. The van der Waals surface area contributed by atoms with Crippen molar-refractivity contribution in [2.45, 2.75) is 13.8 Å². The molecule has 0 aliphatic heterocycles. The van der Waals surface area contributed by atoms with Crippen molar-refractivity contribution in [1.82, 2.24) is 0 Å². The second-order valence-electron chi connectivity index (χ2n) is 3.17. The van der Waals surface area contributed by atoms with Crippen LogP contribution in [0.15, 0.2) is 18.2 Å². The number of ether oxygens (including phenoxy) is 1. The Hall–Kier alpha value is -1.22. The Morgan fingerprint density at radius 3 is 2.86 bits per heavy atom. The number of hydrogen-bond acceptors (Lipinski definition) is 3. The van der Waals surface area contributed by atoms with Gasteiger partial charge in [0.1, 0.15) is 5.75 Å². The molecule has 1 heterocycles. The average molecular weight is 208 g/mol. The van der Waals surface area contributed by atoms with Gasteiger partial charge in [-0.2, -0.15) is 0 Å². The number of fused-ring (bicyclic) bond motifs is 1. The van der Waals surface area contributed by atoms with E-state index in [0.717, 1.165) is 20.7 Å². The molecule has 1 aromatic heterocycles. The molecule has 0 saturated carbocycles. The molecule has 0 radical (unpaired) electrons. The van der Waals surface area contributed by atoms with Gasteiger partial charge in [0, 0.05) is 4.70 Å². The second kappa shape index (κ2) is 3.50. The van der Waals surface area contributed by atoms with Crippen molar-refractivity contribution >= 4 is 21.4 Å². The normalized spacial score (nSPS) is 10.7. The van der Waals surface area contributed by atoms with Crippen LogP contribution in [0.5, 0.6) is 10.8 Å². The molecular weight excluding hydrogens is 196 g/mol. The van der Waals surface area contributed by atoms with Crippen LogP contribution < -0.4 is 4.74 Å². The number of benzene rings is 1. The van der Waals surface area contributed by atoms with E-state index in [1.54, 1.807) is 23.5 Å². The van der Waals surface area contributed by atoms with Crippen molar-refractivity contribution in [3.8, 4) is 10.8 Å². The van der Waals surface area contributed by atoms with Crippen molar-refractivity contribution in [2.75, 3.05) is 6.61 Å². The fourth-order valence-electron chi connectivity index (χ4n) is 1.49. The van der Waals surface area contributed by atoms with Crippen molar-refractivity contribution in [3.05, 3.63) is 23.8 Å². The molecule has 2 aromatic rings. The molecule has 0 fully saturated rings. The van der Waals surface area contributed by atoms with Crippen molar-refractivity contribution in [1.29, 1.82) is 0 Å². The quantitative estimate of drug-likeness (QED) is 0.820. The van der Waals surface area contributed by atoms with Crippen molar-refractivity contribution < 1.29 is 9.84 Å². The molecular formula is C11H12O2S. The van der Waals surface area contributed by atoms with Crippen LogP contribution in [0.25, 0.3) is 10.1 Å². The summed E-state index contributed by atoms with van der Waals surface area (Å²) in [6, 6.07) is 5.57. The van der Waals surface area contributed by atoms with Crippen LogP contribution in [0.4, 0.5) is 0 Å². The van der Waals surface area contributed by atoms with E-state index < -0.39 is 0 Å². The summed E-state index contributed by atoms with van der Waals surface area (Å²) in [6.45, 7) is 4.64. The highest BCUT2D eigenvalue weighted by atomic mass is 32.1. The Labute approximate surface area is 86.8 Å². The highest BCUT2D eigenvalue weighted by molar-refractivity contribution is 7.20. The molecule has 0 unspecified atom stereocenters. The summed E-state index contributed by atoms with van der Waals surface area (Å²) in [5, 5.41) is 11.5. The summed E-state index contributed by atoms with van der Waals surface area (Å²) in [5.41, 5.74) is 1.09. The Morgan fingerprint density at radius 2 is 2.14 bits per heavy atom. The maximum Gasteiger partial charge on any atom is 0.174 e. The maximum absolute atomic E-state index is 9.42. The van der Waals surface area contributed by atoms with Crippen molar-refractivity contribution in [2.24, 2.45) is 0 Å². The Balaban J connectivity index is 2.58. The van der Waals surface area contributed by atoms with Gasteiger partial charge in [-0.15, -0.1) is 0 Å². The zero-order valence-corrected chi connectivity index (χ0v) is 9.02. The van der Waals surface area contributed by atoms with Gasteiger partial charge in [-0.1, -0.05) is 11.3 Å². The number of thiophene rings is 1. The lowest BCUT2D eigenvalue weighted by molar-refractivity contribution is 0.350. The monoisotopic (exact) mass is 208 g/mol. The van der Waals surface area contributed by atoms with E-state index in [4.69, 9.17) is 4.74 Å². The number of aromatic hydroxyl groups is 1. The van der Waals surface area contributed by atoms with Gasteiger partial charge in [0.05, 0.1) is 6.61 Å². The highest BCUT2D eigenvalue weighted by Crippen LogP contribution is 2.35. The molecule has 2 nitrogen and oxygen atoms in total. The summed E-state index contributed by atoms with van der Waals surface area (Å²) >= 11 is 1.57. The highest BCUT2D eigenvalue weighted by Gasteiger charge is 2.05. The first-order chi connectivity index (χ1) is 6.70. The van der Waals surface area contributed by atoms with Crippen molar-refractivity contribution in [3.63, 3.8) is 0 Å². The third-order valence-electron chi connectivity index (χ3n) is 2.09. The molecule has 0 amide bonds. The Kier molecular flexibility index (Phi) is 2.33. The van der Waals surface area contributed by atoms with Gasteiger partial charge in [-0.3, -0.25) is 0 Å². The van der Waals surface area contributed by atoms with Crippen LogP contribution in [0.2, 0.25) is 0 Å². The first-order valence-corrected chi connectivity index (χ1v) is 5.38. The molecule has 3 heteroatoms. The molecule has 0 spiro atoms. The van der Waals surface area contributed by atoms with Gasteiger partial charge in [0.25, 0.3) is 0 Å². The minimum atomic E-state index is 0.319. The van der Waals surface area contributed by atoms with Crippen LogP contribution in [0.3, 0.4) is 0 Å². The van der Waals surface area contributed by atoms with Gasteiger partial charge >= 0.3 is 0 Å². The molecule has 0 aliphatic carbocycles. The summed E-state index contributed by atoms with van der Waals surface area (Å²) in [6.07, 6.45) is 0. The van der Waals surface area contributed by atoms with E-state index in [1.807, 2.05) is 19.9 Å². The fourth-order valence-corrected chi connectivity index (χ4v) is 2.57. The predicted molar refractivity (Wildman–Crippen MR) is 59.4 cm³/mol. The summed E-state index contributed by atoms with van der Waals surface area (Å²) < 4.78 is 6.50. The lowest BCUT2D eigenvalue weighted by Gasteiger charge is -1.96. The smallest absolute Gasteiger partial charge is 0.174 e. The minimum absolute atomic E-state index is 0.319. The largest absolute Gasteiger partial charge is 0.508 e. The number of hydrogen-bond donors (Lipinski definition) is 1. The molecule has 0 atom stereocenters. The Bertz CT molecular complexity index is 460. The van der Waals surface area contributed by atoms with E-state index >= 15 is 0 Å². The molecule has 0 aliphatic rings. The summed E-state index contributed by atoms with van der Waals surface area (Å²) in [5.74, 6) is 0.319. The first-order valence-electron chi connectivity index (χ1n) is 4.56. The topological polar surface area (TPSA) is 29.5 Å². The molecule has 1 aromatic carbocycles. The molecule has 1 N–H and O–H groups in total. The second-order valence-corrected chi connectivity index (χ2v) is 4.22. The zero-order chi connectivity index (χ0) is 10.1. The van der Waals surface area contributed by atoms with Gasteiger partial charge in [-0.25, -0.2) is 0 Å². The van der Waals surface area contributed by atoms with Gasteiger partial charge in [0.2, 0.25) is 0 Å². The molecule has 0 bridgehead atoms. The molecule has 2 rings (SSSR count). The standard InChI is InChI=1S/C11H12O2S/c1-3-13-11-6-9-7(2)4-8(12)5-10(9)14-11/h4-6,12H,3H2,1-2H3. The fraction of sp³-hybridized carbons (Fsp3) is 0.273. The molecule has 14 heavy (non-hydrogen) atoms. The number of phenolic OH excluding ortho intramolecular Hbond substituents is 1. The summed E-state index contributed by atoms with van der Waals surface area (Å²) in [7, 11) is 0. The first kappa shape index (κ1) is 9.34. The van der Waals surface area contributed by atoms with Crippen LogP contribution in [-0.4, -0.2) is 11.7 Å². The van der Waals surface area contributed by atoms with E-state index in [1.165, 1.54) is 0 Å². The van der Waals surface area contributed by atoms with E-state index in [2.05, 4.69) is 0 Å². The molecule has 0 saturated heterocycles. The average Bonchev–Trinajstić information content (AvgIpc) is 2.48. The lowest BCUT2D eigenvalue weighted by Crippen LogP contribution is -1.86. The van der Waals surface area contributed by atoms with Crippen LogP contribution in [-0.2, 0) is 0 Å². The third kappa shape index (κ3) is 1.55. The van der Waals surface area contributed by atoms with Gasteiger partial charge in [0.15, 0.2) is 5.06 Å². The summed E-state index contributed by atoms with van der Waals surface area (Å²) in [4.78, 5) is 0. The van der Waals surface area contributed by atoms with Crippen LogP contribution in [0.1, 0.15) is 12.5 Å². The SMILES string of the molecule is CCOc1cc2c(C)cc(O)cc2s1. The van der Waals surface area contributed by atoms with E-state index in [-0.39, 0.29) is 0 Å². The maximum atomic E-state index is 9.42. The van der Waals surface area contributed by atoms with E-state index in [0.29, 0.717) is 12.4 Å². The van der Waals surface area contributed by atoms with Gasteiger partial charge in [-0.05, 0) is 43.0 Å². The lowest BCUT2D eigenvalue weighted by atomic mass is 10.1. The predicted octanol–water partition coefficient (Wildman–Crippen LogP) is 3.31. The number of phenols is 1. The third-order valence-corrected chi connectivity index (χ3v) is 3.09. The number of aryl methyl sites for hydroxylation is 1. The van der Waals surface area contributed by atoms with Gasteiger partial charge < -0.3 is 9.84 Å². The van der Waals surface area contributed by atoms with Crippen LogP contribution >= 0.6 is 11.3 Å². The Morgan fingerprint density at radius 1 is 1.36 bits per heavy atom.